The van der Waals surface area contributed by atoms with Crippen molar-refractivity contribution < 1.29 is 9.13 Å². The first-order valence-electron chi connectivity index (χ1n) is 18.2. The van der Waals surface area contributed by atoms with Crippen molar-refractivity contribution in [3.05, 3.63) is 105 Å². The van der Waals surface area contributed by atoms with Crippen molar-refractivity contribution in [2.45, 2.75) is 70.2 Å². The highest BCUT2D eigenvalue weighted by Crippen LogP contribution is 2.39. The molecule has 2 fully saturated rings. The Morgan fingerprint density at radius 3 is 2.51 bits per heavy atom. The maximum Gasteiger partial charge on any atom is 0.141 e. The van der Waals surface area contributed by atoms with Gasteiger partial charge in [-0.3, -0.25) is 14.8 Å². The average Bonchev–Trinajstić information content (AvgIpc) is 3.61. The summed E-state index contributed by atoms with van der Waals surface area (Å²) >= 11 is 13.1. The molecule has 0 aliphatic carbocycles. The maximum atomic E-state index is 14.0. The van der Waals surface area contributed by atoms with Crippen LogP contribution in [0.2, 0.25) is 10.0 Å². The van der Waals surface area contributed by atoms with Crippen molar-refractivity contribution >= 4 is 51.2 Å². The Bertz CT molecular complexity index is 2200. The number of rotatable bonds is 8. The molecule has 0 bridgehead atoms. The first-order chi connectivity index (χ1) is 25.6. The fourth-order valence-electron chi connectivity index (χ4n) is 7.84. The Balaban J connectivity index is 1.18. The number of pyridine rings is 1. The van der Waals surface area contributed by atoms with Gasteiger partial charge in [-0.05, 0) is 87.1 Å². The van der Waals surface area contributed by atoms with E-state index in [1.807, 2.05) is 16.8 Å². The van der Waals surface area contributed by atoms with E-state index in [1.165, 1.54) is 29.5 Å². The lowest BCUT2D eigenvalue weighted by molar-refractivity contribution is -0.0695. The van der Waals surface area contributed by atoms with Gasteiger partial charge in [0.25, 0.3) is 0 Å². The van der Waals surface area contributed by atoms with Crippen LogP contribution < -0.4 is 10.6 Å². The minimum absolute atomic E-state index is 0.0294. The van der Waals surface area contributed by atoms with Crippen LogP contribution in [0.4, 0.5) is 21.5 Å². The third-order valence-electron chi connectivity index (χ3n) is 10.9. The lowest BCUT2D eigenvalue weighted by atomic mass is 9.89. The number of piperidine rings is 1. The molecular formula is C40H42Cl2FN9O. The summed E-state index contributed by atoms with van der Waals surface area (Å²) in [5.41, 5.74) is 7.26. The van der Waals surface area contributed by atoms with Crippen molar-refractivity contribution in [1.29, 1.82) is 5.26 Å². The highest BCUT2D eigenvalue weighted by molar-refractivity contribution is 6.36. The van der Waals surface area contributed by atoms with Crippen molar-refractivity contribution in [2.75, 3.05) is 43.5 Å². The fourth-order valence-corrected chi connectivity index (χ4v) is 8.29. The molecule has 0 saturated carbocycles. The van der Waals surface area contributed by atoms with E-state index in [-0.39, 0.29) is 22.6 Å². The Kier molecular flexibility index (Phi) is 9.77. The largest absolute Gasteiger partial charge is 0.378 e. The van der Waals surface area contributed by atoms with Crippen LogP contribution in [0, 0.1) is 17.1 Å². The van der Waals surface area contributed by atoms with Gasteiger partial charge in [0.2, 0.25) is 0 Å². The maximum absolute atomic E-state index is 14.0. The van der Waals surface area contributed by atoms with Crippen LogP contribution >= 0.6 is 23.2 Å². The van der Waals surface area contributed by atoms with Gasteiger partial charge in [0.15, 0.2) is 0 Å². The molecule has 0 amide bonds. The van der Waals surface area contributed by atoms with Crippen LogP contribution in [0.1, 0.15) is 73.6 Å². The topological polar surface area (TPSA) is 107 Å². The van der Waals surface area contributed by atoms with E-state index >= 15 is 0 Å². The third-order valence-corrected chi connectivity index (χ3v) is 11.5. The number of nitriles is 1. The second-order valence-corrected chi connectivity index (χ2v) is 16.1. The third kappa shape index (κ3) is 7.19. The van der Waals surface area contributed by atoms with E-state index < -0.39 is 5.82 Å². The molecule has 2 saturated heterocycles. The molecule has 0 spiro atoms. The lowest BCUT2D eigenvalue weighted by Gasteiger charge is -2.40. The zero-order chi connectivity index (χ0) is 36.9. The first kappa shape index (κ1) is 35.7. The van der Waals surface area contributed by atoms with E-state index in [2.05, 4.69) is 76.7 Å². The SMILES string of the molecule is CC(C)(C)N1CCC(n2cc(C(Nc3cc(Cl)c4ncc(C#N)c(Nc5ccc(F)c(Cl)c5)c4c3)c3cccc4c3CCN(C3COC3)C4)nn2)CC1. The Morgan fingerprint density at radius 1 is 1.00 bits per heavy atom. The van der Waals surface area contributed by atoms with Crippen molar-refractivity contribution in [2.24, 2.45) is 0 Å². The Hall–Kier alpha value is -4.31. The van der Waals surface area contributed by atoms with Gasteiger partial charge < -0.3 is 15.4 Å². The summed E-state index contributed by atoms with van der Waals surface area (Å²) in [5.74, 6) is -0.530. The molecule has 5 aromatic rings. The molecule has 13 heteroatoms. The quantitative estimate of drug-likeness (QED) is 0.162. The zero-order valence-electron chi connectivity index (χ0n) is 30.0. The number of anilines is 3. The van der Waals surface area contributed by atoms with Gasteiger partial charge in [-0.2, -0.15) is 5.26 Å². The van der Waals surface area contributed by atoms with Gasteiger partial charge >= 0.3 is 0 Å². The number of benzene rings is 3. The van der Waals surface area contributed by atoms with E-state index in [0.717, 1.165) is 75.6 Å². The molecule has 2 aromatic heterocycles. The van der Waals surface area contributed by atoms with Crippen molar-refractivity contribution in [3.63, 3.8) is 0 Å². The summed E-state index contributed by atoms with van der Waals surface area (Å²) in [6, 6.07) is 17.3. The fraction of sp³-hybridized carbons (Fsp3) is 0.400. The zero-order valence-corrected chi connectivity index (χ0v) is 31.6. The van der Waals surface area contributed by atoms with Crippen LogP contribution in [-0.4, -0.2) is 74.2 Å². The summed E-state index contributed by atoms with van der Waals surface area (Å²) in [4.78, 5) is 9.59. The van der Waals surface area contributed by atoms with E-state index in [0.29, 0.717) is 38.9 Å². The summed E-state index contributed by atoms with van der Waals surface area (Å²) in [5, 5.41) is 27.7. The molecule has 2 N–H and O–H groups in total. The molecule has 1 atom stereocenters. The van der Waals surface area contributed by atoms with E-state index in [4.69, 9.17) is 38.3 Å². The van der Waals surface area contributed by atoms with Crippen LogP contribution in [0.25, 0.3) is 10.9 Å². The highest BCUT2D eigenvalue weighted by Gasteiger charge is 2.33. The number of fused-ring (bicyclic) bond motifs is 2. The second kappa shape index (κ2) is 14.5. The minimum Gasteiger partial charge on any atom is -0.378 e. The second-order valence-electron chi connectivity index (χ2n) is 15.3. The number of halogens is 3. The smallest absolute Gasteiger partial charge is 0.141 e. The van der Waals surface area contributed by atoms with Crippen molar-refractivity contribution in [3.8, 4) is 6.07 Å². The summed E-state index contributed by atoms with van der Waals surface area (Å²) in [6.07, 6.45) is 6.49. The van der Waals surface area contributed by atoms with Gasteiger partial charge in [-0.25, -0.2) is 9.07 Å². The number of hydrogen-bond donors (Lipinski definition) is 2. The van der Waals surface area contributed by atoms with E-state index in [9.17, 15) is 9.65 Å². The standard InChI is InChI=1S/C40H42Cl2FN9O/c1-40(2,3)51-13-9-28(10-14-51)52-21-36(48-49-52)39(31-6-4-5-24-20-50(12-11-30(24)31)29-22-53-23-29)47-27-15-32-37(46-26-7-8-35(43)33(41)16-26)25(18-44)19-45-38(32)34(42)17-27/h4-8,15-17,19,21,28-29,39,47H,9-14,20,22-23H2,1-3H3,(H,45,46). The predicted octanol–water partition coefficient (Wildman–Crippen LogP) is 8.28. The number of likely N-dealkylation sites (tertiary alicyclic amines) is 1. The number of hydrogen-bond acceptors (Lipinski definition) is 9. The van der Waals surface area contributed by atoms with Crippen LogP contribution in [0.5, 0.6) is 0 Å². The highest BCUT2D eigenvalue weighted by atomic mass is 35.5. The molecule has 8 rings (SSSR count). The number of ether oxygens (including phenoxy) is 1. The number of nitrogens with one attached hydrogen (secondary N) is 2. The molecule has 5 heterocycles. The Morgan fingerprint density at radius 2 is 1.79 bits per heavy atom. The van der Waals surface area contributed by atoms with E-state index in [1.54, 1.807) is 6.07 Å². The number of aromatic nitrogens is 4. The molecule has 1 unspecified atom stereocenters. The summed E-state index contributed by atoms with van der Waals surface area (Å²) in [7, 11) is 0. The molecule has 3 aliphatic rings. The van der Waals surface area contributed by atoms with Gasteiger partial charge in [0.05, 0.1) is 64.3 Å². The first-order valence-corrected chi connectivity index (χ1v) is 18.9. The summed E-state index contributed by atoms with van der Waals surface area (Å²) < 4.78 is 21.6. The molecule has 274 valence electrons. The molecule has 10 nitrogen and oxygen atoms in total. The van der Waals surface area contributed by atoms with Gasteiger partial charge in [0, 0.05) is 54.7 Å². The predicted molar refractivity (Wildman–Crippen MR) is 206 cm³/mol. The van der Waals surface area contributed by atoms with Gasteiger partial charge in [0.1, 0.15) is 17.6 Å². The normalized spacial score (nSPS) is 18.0. The molecule has 0 radical (unpaired) electrons. The Labute approximate surface area is 318 Å². The van der Waals surface area contributed by atoms with Gasteiger partial charge in [-0.15, -0.1) is 5.10 Å². The lowest BCUT2D eigenvalue weighted by Crippen LogP contribution is -2.50. The van der Waals surface area contributed by atoms with Crippen LogP contribution in [0.3, 0.4) is 0 Å². The molecule has 3 aliphatic heterocycles. The average molecular weight is 755 g/mol. The summed E-state index contributed by atoms with van der Waals surface area (Å²) in [6.45, 7) is 12.2. The minimum atomic E-state index is -0.530. The molecular weight excluding hydrogens is 712 g/mol. The van der Waals surface area contributed by atoms with Gasteiger partial charge in [-0.1, -0.05) is 46.6 Å². The molecule has 3 aromatic carbocycles. The van der Waals surface area contributed by atoms with Crippen molar-refractivity contribution in [1.82, 2.24) is 29.8 Å². The van der Waals surface area contributed by atoms with Crippen LogP contribution in [0.15, 0.2) is 60.9 Å². The van der Waals surface area contributed by atoms with Crippen LogP contribution in [-0.2, 0) is 17.7 Å². The number of nitrogens with zero attached hydrogens (tertiary/aromatic N) is 7. The monoisotopic (exact) mass is 753 g/mol. The molecule has 53 heavy (non-hydrogen) atoms.